The first-order valence-electron chi connectivity index (χ1n) is 12.7. The summed E-state index contributed by atoms with van der Waals surface area (Å²) in [5.74, 6) is -0.338. The molecule has 5 heteroatoms. The fraction of sp³-hybridized carbons (Fsp3) is 0.920. The van der Waals surface area contributed by atoms with Crippen molar-refractivity contribution in [3.63, 3.8) is 0 Å². The molecular weight excluding hydrogens is 393 g/mol. The summed E-state index contributed by atoms with van der Waals surface area (Å²) in [7, 11) is 2.34. The van der Waals surface area contributed by atoms with Gasteiger partial charge in [0.1, 0.15) is 0 Å². The molecule has 30 heavy (non-hydrogen) atoms. The van der Waals surface area contributed by atoms with Gasteiger partial charge in [-0.2, -0.15) is 0 Å². The second kappa shape index (κ2) is 18.4. The van der Waals surface area contributed by atoms with Crippen LogP contribution in [-0.2, 0) is 9.09 Å². The van der Waals surface area contributed by atoms with Gasteiger partial charge in [-0.3, -0.25) is 4.57 Å². The molecule has 0 spiro atoms. The smallest absolute Gasteiger partial charge is 0.320 e. The molecule has 0 saturated heterocycles. The van der Waals surface area contributed by atoms with E-state index < -0.39 is 7.60 Å². The summed E-state index contributed by atoms with van der Waals surface area (Å²) in [6.45, 7) is 4.71. The molecule has 2 unspecified atom stereocenters. The normalized spacial score (nSPS) is 15.5. The summed E-state index contributed by atoms with van der Waals surface area (Å²) in [4.78, 5) is 10.4. The minimum Gasteiger partial charge on any atom is -0.320 e. The van der Waals surface area contributed by atoms with E-state index >= 15 is 0 Å². The van der Waals surface area contributed by atoms with Gasteiger partial charge in [0.15, 0.2) is 5.78 Å². The maximum atomic E-state index is 12.6. The first-order chi connectivity index (χ1) is 14.3. The highest BCUT2D eigenvalue weighted by Gasteiger charge is 2.41. The highest BCUT2D eigenvalue weighted by molar-refractivity contribution is 7.53. The molecule has 0 aliphatic carbocycles. The zero-order valence-corrected chi connectivity index (χ0v) is 21.8. The van der Waals surface area contributed by atoms with Gasteiger partial charge in [0, 0.05) is 6.42 Å². The summed E-state index contributed by atoms with van der Waals surface area (Å²) < 4.78 is 18.6. The summed E-state index contributed by atoms with van der Waals surface area (Å²) in [5.41, 5.74) is 0. The lowest BCUT2D eigenvalue weighted by atomic mass is 10.1. The third kappa shape index (κ3) is 16.5. The molecule has 0 heterocycles. The summed E-state index contributed by atoms with van der Waals surface area (Å²) in [6, 6.07) is 0. The maximum Gasteiger partial charge on any atom is 0.385 e. The summed E-state index contributed by atoms with van der Waals surface area (Å²) >= 11 is 0. The Balaban J connectivity index is 3.62. The van der Waals surface area contributed by atoms with E-state index in [-0.39, 0.29) is 5.78 Å². The van der Waals surface area contributed by atoms with E-state index in [1.807, 2.05) is 28.1 Å². The molecule has 0 radical (unpaired) electrons. The third-order valence-electron chi connectivity index (χ3n) is 5.75. The zero-order valence-electron chi connectivity index (χ0n) is 20.9. The van der Waals surface area contributed by atoms with Crippen LogP contribution in [0.3, 0.4) is 0 Å². The number of quaternary nitrogens is 1. The molecule has 0 saturated carbocycles. The van der Waals surface area contributed by atoms with Gasteiger partial charge in [0.05, 0.1) is 27.7 Å². The Morgan fingerprint density at radius 1 is 0.767 bits per heavy atom. The average Bonchev–Trinajstić information content (AvgIpc) is 2.67. The first kappa shape index (κ1) is 29.9. The first-order valence-corrected chi connectivity index (χ1v) is 14.3. The molecule has 0 aliphatic heterocycles. The highest BCUT2D eigenvalue weighted by atomic mass is 31.2. The van der Waals surface area contributed by atoms with E-state index in [4.69, 9.17) is 4.52 Å². The predicted molar refractivity (Wildman–Crippen MR) is 132 cm³/mol. The lowest BCUT2D eigenvalue weighted by Crippen LogP contribution is -2.45. The van der Waals surface area contributed by atoms with Crippen molar-refractivity contribution in [3.8, 4) is 0 Å². The van der Waals surface area contributed by atoms with Crippen molar-refractivity contribution < 1.29 is 18.5 Å². The molecule has 0 fully saturated rings. The molecule has 2 atom stereocenters. The van der Waals surface area contributed by atoms with Crippen LogP contribution >= 0.6 is 7.60 Å². The van der Waals surface area contributed by atoms with Crippen LogP contribution in [0.5, 0.6) is 0 Å². The number of hydrogen-bond donors (Lipinski definition) is 1. The van der Waals surface area contributed by atoms with Crippen LogP contribution in [0.2, 0.25) is 0 Å². The van der Waals surface area contributed by atoms with Crippen molar-refractivity contribution >= 4 is 7.60 Å². The van der Waals surface area contributed by atoms with Crippen molar-refractivity contribution in [3.05, 3.63) is 12.2 Å². The van der Waals surface area contributed by atoms with E-state index in [2.05, 4.69) is 19.1 Å². The molecule has 0 rings (SSSR count). The molecule has 1 N–H and O–H groups in total. The van der Waals surface area contributed by atoms with E-state index in [0.29, 0.717) is 17.5 Å². The SMILES string of the molecule is CCCCCCCCCC=CCCCCCCCOP(=O)(O)C(CCC)[N+](C)(C)C. The molecule has 0 bridgehead atoms. The second-order valence-electron chi connectivity index (χ2n) is 9.72. The number of unbranched alkanes of at least 4 members (excludes halogenated alkanes) is 12. The highest BCUT2D eigenvalue weighted by Crippen LogP contribution is 2.51. The maximum absolute atomic E-state index is 12.6. The van der Waals surface area contributed by atoms with Gasteiger partial charge in [-0.15, -0.1) is 0 Å². The summed E-state index contributed by atoms with van der Waals surface area (Å²) in [5, 5.41) is 0. The van der Waals surface area contributed by atoms with E-state index in [9.17, 15) is 9.46 Å². The third-order valence-corrected chi connectivity index (χ3v) is 8.01. The monoisotopic (exact) mass is 446 g/mol. The van der Waals surface area contributed by atoms with E-state index in [0.717, 1.165) is 19.3 Å². The Hall–Kier alpha value is -0.150. The topological polar surface area (TPSA) is 46.5 Å². The Morgan fingerprint density at radius 3 is 1.70 bits per heavy atom. The molecular formula is C25H53NO3P+. The van der Waals surface area contributed by atoms with Gasteiger partial charge in [-0.05, 0) is 38.5 Å². The average molecular weight is 447 g/mol. The molecule has 4 nitrogen and oxygen atoms in total. The lowest BCUT2D eigenvalue weighted by molar-refractivity contribution is -0.883. The van der Waals surface area contributed by atoms with Gasteiger partial charge < -0.3 is 13.9 Å². The second-order valence-corrected chi connectivity index (χ2v) is 11.7. The van der Waals surface area contributed by atoms with Crippen LogP contribution in [0.25, 0.3) is 0 Å². The van der Waals surface area contributed by atoms with Crippen molar-refractivity contribution in [2.75, 3.05) is 27.7 Å². The van der Waals surface area contributed by atoms with Crippen LogP contribution in [0.4, 0.5) is 0 Å². The standard InChI is InChI=1S/C25H52NO3P/c1-6-8-9-10-11-12-13-14-15-16-17-18-19-20-21-22-24-29-30(27,28)25(23-7-2)26(3,4)5/h15-16,25H,6-14,17-24H2,1-5H3/p+1. The Morgan fingerprint density at radius 2 is 1.23 bits per heavy atom. The van der Waals surface area contributed by atoms with Crippen molar-refractivity contribution in [1.29, 1.82) is 0 Å². The fourth-order valence-electron chi connectivity index (χ4n) is 3.88. The zero-order chi connectivity index (χ0) is 22.7. The van der Waals surface area contributed by atoms with Gasteiger partial charge in [-0.25, -0.2) is 0 Å². The largest absolute Gasteiger partial charge is 0.385 e. The predicted octanol–water partition coefficient (Wildman–Crippen LogP) is 8.06. The fourth-order valence-corrected chi connectivity index (χ4v) is 5.90. The molecule has 0 aromatic heterocycles. The van der Waals surface area contributed by atoms with Crippen LogP contribution < -0.4 is 0 Å². The number of hydrogen-bond acceptors (Lipinski definition) is 2. The Labute approximate surface area is 188 Å². The van der Waals surface area contributed by atoms with E-state index in [1.165, 1.54) is 77.0 Å². The van der Waals surface area contributed by atoms with Gasteiger partial charge >= 0.3 is 7.60 Å². The Kier molecular flexibility index (Phi) is 18.3. The van der Waals surface area contributed by atoms with Gasteiger partial charge in [-0.1, -0.05) is 83.8 Å². The lowest BCUT2D eigenvalue weighted by Gasteiger charge is -2.35. The van der Waals surface area contributed by atoms with Crippen LogP contribution in [-0.4, -0.2) is 42.9 Å². The van der Waals surface area contributed by atoms with Crippen LogP contribution in [0, 0.1) is 0 Å². The van der Waals surface area contributed by atoms with Crippen LogP contribution in [0.15, 0.2) is 12.2 Å². The van der Waals surface area contributed by atoms with Crippen molar-refractivity contribution in [2.24, 2.45) is 0 Å². The quantitative estimate of drug-likeness (QED) is 0.0839. The molecule has 0 aromatic rings. The number of allylic oxidation sites excluding steroid dienone is 2. The van der Waals surface area contributed by atoms with E-state index in [1.54, 1.807) is 0 Å². The number of nitrogens with zero attached hydrogens (tertiary/aromatic N) is 1. The molecule has 180 valence electrons. The van der Waals surface area contributed by atoms with Gasteiger partial charge in [0.2, 0.25) is 0 Å². The van der Waals surface area contributed by atoms with Crippen molar-refractivity contribution in [1.82, 2.24) is 0 Å². The van der Waals surface area contributed by atoms with Gasteiger partial charge in [0.25, 0.3) is 0 Å². The minimum atomic E-state index is -3.57. The molecule has 0 amide bonds. The van der Waals surface area contributed by atoms with Crippen molar-refractivity contribution in [2.45, 2.75) is 122 Å². The Bertz CT molecular complexity index is 460. The van der Waals surface area contributed by atoms with Crippen LogP contribution in [0.1, 0.15) is 117 Å². The minimum absolute atomic E-state index is 0.338. The summed E-state index contributed by atoms with van der Waals surface area (Å²) in [6.07, 6.45) is 24.0. The number of rotatable bonds is 21. The molecule has 0 aliphatic rings. The molecule has 0 aromatic carbocycles.